The van der Waals surface area contributed by atoms with E-state index in [1.165, 1.54) is 17.3 Å². The summed E-state index contributed by atoms with van der Waals surface area (Å²) in [6.45, 7) is 0. The normalized spacial score (nSPS) is 18.6. The Balaban J connectivity index is 2.10. The molecule has 0 aliphatic carbocycles. The first kappa shape index (κ1) is 16.8. The average molecular weight is 699 g/mol. The van der Waals surface area contributed by atoms with Crippen LogP contribution in [0, 0.1) is 0 Å². The Morgan fingerprint density at radius 3 is 2.29 bits per heavy atom. The van der Waals surface area contributed by atoms with Gasteiger partial charge in [-0.25, -0.2) is 0 Å². The van der Waals surface area contributed by atoms with Crippen LogP contribution >= 0.6 is 64.9 Å². The van der Waals surface area contributed by atoms with Crippen molar-refractivity contribution >= 4 is 88.3 Å². The van der Waals surface area contributed by atoms with Gasteiger partial charge in [-0.1, -0.05) is 0 Å². The molecule has 0 saturated carbocycles. The van der Waals surface area contributed by atoms with Crippen LogP contribution in [-0.2, 0) is 0 Å². The molecule has 5 heteroatoms. The molecule has 0 spiro atoms. The van der Waals surface area contributed by atoms with E-state index in [1.807, 2.05) is 30.3 Å². The fraction of sp³-hybridized carbons (Fsp3) is 0. The number of hydrogen-bond acceptors (Lipinski definition) is 0. The molecule has 0 N–H and O–H groups in total. The summed E-state index contributed by atoms with van der Waals surface area (Å²) in [6.07, 6.45) is 2.15. The summed E-state index contributed by atoms with van der Waals surface area (Å²) in [7, 11) is -2.34. The van der Waals surface area contributed by atoms with Gasteiger partial charge in [0.05, 0.1) is 0 Å². The minimum atomic E-state index is -2.34. The van der Waals surface area contributed by atoms with Crippen LogP contribution in [-0.4, -0.2) is 10.3 Å². The monoisotopic (exact) mass is 700 g/mol. The molecule has 0 nitrogen and oxygen atoms in total. The molecular formula is C16H10BrClI2Te. The molecule has 0 atom stereocenters. The van der Waals surface area contributed by atoms with E-state index in [0.29, 0.717) is 0 Å². The van der Waals surface area contributed by atoms with E-state index in [-0.39, 0.29) is 0 Å². The van der Waals surface area contributed by atoms with Crippen LogP contribution < -0.4 is 3.61 Å². The van der Waals surface area contributed by atoms with Crippen LogP contribution in [0.1, 0.15) is 11.1 Å². The van der Waals surface area contributed by atoms with Crippen molar-refractivity contribution < 1.29 is 0 Å². The summed E-state index contributed by atoms with van der Waals surface area (Å²) in [5.74, 6) is 0. The SMILES string of the molecule is Cl/C(=C\C1=C(Br)c2ccccc2[Te]1(I)I)c1ccccc1. The average Bonchev–Trinajstić information content (AvgIpc) is 2.70. The van der Waals surface area contributed by atoms with E-state index in [1.54, 1.807) is 0 Å². The second kappa shape index (κ2) is 6.82. The molecule has 0 bridgehead atoms. The van der Waals surface area contributed by atoms with Gasteiger partial charge in [0.2, 0.25) is 0 Å². The fourth-order valence-corrected chi connectivity index (χ4v) is 23.4. The Bertz CT molecular complexity index is 754. The standard InChI is InChI=1S/C16H10BrClI2Te/c17-16-12-8-4-5-9-14(12)21(19,20)15(16)10-13(18)11-6-2-1-3-7-11/h1-10H/b13-10-. The predicted molar refractivity (Wildman–Crippen MR) is 116 cm³/mol. The third-order valence-corrected chi connectivity index (χ3v) is 23.0. The van der Waals surface area contributed by atoms with E-state index in [0.717, 1.165) is 10.6 Å². The Labute approximate surface area is 161 Å². The van der Waals surface area contributed by atoms with Gasteiger partial charge in [0, 0.05) is 0 Å². The summed E-state index contributed by atoms with van der Waals surface area (Å²) in [4.78, 5) is 0. The molecule has 0 fully saturated rings. The zero-order valence-corrected chi connectivity index (χ0v) is 19.7. The molecule has 1 aliphatic rings. The molecule has 1 heterocycles. The second-order valence-corrected chi connectivity index (χ2v) is 39.9. The maximum absolute atomic E-state index is 6.55. The predicted octanol–water partition coefficient (Wildman–Crippen LogP) is 6.14. The van der Waals surface area contributed by atoms with Crippen molar-refractivity contribution in [3.8, 4) is 0 Å². The van der Waals surface area contributed by atoms with Crippen LogP contribution in [0.3, 0.4) is 0 Å². The number of halogens is 4. The fourth-order valence-electron chi connectivity index (χ4n) is 2.17. The zero-order valence-electron chi connectivity index (χ0n) is 10.7. The van der Waals surface area contributed by atoms with Crippen molar-refractivity contribution in [2.24, 2.45) is 0 Å². The summed E-state index contributed by atoms with van der Waals surface area (Å²) >= 11 is 15.7. The molecule has 108 valence electrons. The third-order valence-electron chi connectivity index (χ3n) is 3.20. The van der Waals surface area contributed by atoms with Gasteiger partial charge in [-0.15, -0.1) is 0 Å². The van der Waals surface area contributed by atoms with Crippen LogP contribution in [0.2, 0.25) is 0 Å². The third kappa shape index (κ3) is 3.27. The second-order valence-electron chi connectivity index (χ2n) is 4.50. The van der Waals surface area contributed by atoms with Crippen molar-refractivity contribution in [3.05, 3.63) is 75.4 Å². The van der Waals surface area contributed by atoms with Gasteiger partial charge >= 0.3 is 164 Å². The van der Waals surface area contributed by atoms with Crippen molar-refractivity contribution in [2.75, 3.05) is 0 Å². The number of benzene rings is 2. The number of hydrogen-bond donors (Lipinski definition) is 0. The van der Waals surface area contributed by atoms with Crippen LogP contribution in [0.5, 0.6) is 0 Å². The van der Waals surface area contributed by atoms with E-state index in [2.05, 4.69) is 83.7 Å². The Morgan fingerprint density at radius 1 is 1.00 bits per heavy atom. The first-order chi connectivity index (χ1) is 10.0. The van der Waals surface area contributed by atoms with Gasteiger partial charge < -0.3 is 0 Å². The summed E-state index contributed by atoms with van der Waals surface area (Å²) < 4.78 is 4.09. The molecular weight excluding hydrogens is 689 g/mol. The maximum atomic E-state index is 6.55. The molecule has 0 aromatic heterocycles. The van der Waals surface area contributed by atoms with Crippen molar-refractivity contribution in [3.63, 3.8) is 0 Å². The molecule has 2 aromatic carbocycles. The van der Waals surface area contributed by atoms with Crippen LogP contribution in [0.25, 0.3) is 9.51 Å². The molecule has 3 rings (SSSR count). The first-order valence-corrected chi connectivity index (χ1v) is 23.2. The van der Waals surface area contributed by atoms with Crippen molar-refractivity contribution in [1.29, 1.82) is 0 Å². The summed E-state index contributed by atoms with van der Waals surface area (Å²) in [5.41, 5.74) is 2.39. The van der Waals surface area contributed by atoms with E-state index in [4.69, 9.17) is 11.6 Å². The van der Waals surface area contributed by atoms with Gasteiger partial charge in [0.25, 0.3) is 0 Å². The van der Waals surface area contributed by atoms with Crippen LogP contribution in [0.15, 0.2) is 64.3 Å². The Hall–Kier alpha value is 0.940. The molecule has 0 radical (unpaired) electrons. The van der Waals surface area contributed by atoms with Gasteiger partial charge in [-0.05, 0) is 0 Å². The first-order valence-electron chi connectivity index (χ1n) is 6.16. The number of fused-ring (bicyclic) bond motifs is 1. The molecule has 21 heavy (non-hydrogen) atoms. The van der Waals surface area contributed by atoms with E-state index < -0.39 is 10.3 Å². The molecule has 2 aromatic rings. The summed E-state index contributed by atoms with van der Waals surface area (Å²) in [5, 5.41) is 0.805. The molecule has 0 amide bonds. The molecule has 0 saturated heterocycles. The zero-order chi connectivity index (χ0) is 15.0. The quantitative estimate of drug-likeness (QED) is 0.261. The van der Waals surface area contributed by atoms with Crippen molar-refractivity contribution in [1.82, 2.24) is 0 Å². The Kier molecular flexibility index (Phi) is 5.45. The topological polar surface area (TPSA) is 0 Å². The number of allylic oxidation sites excluding steroid dienone is 2. The van der Waals surface area contributed by atoms with Crippen molar-refractivity contribution in [2.45, 2.75) is 0 Å². The van der Waals surface area contributed by atoms with Gasteiger partial charge in [0.1, 0.15) is 0 Å². The Morgan fingerprint density at radius 2 is 1.62 bits per heavy atom. The number of rotatable bonds is 2. The van der Waals surface area contributed by atoms with Gasteiger partial charge in [-0.2, -0.15) is 0 Å². The molecule has 0 unspecified atom stereocenters. The molecule has 1 aliphatic heterocycles. The van der Waals surface area contributed by atoms with E-state index in [9.17, 15) is 0 Å². The van der Waals surface area contributed by atoms with E-state index >= 15 is 0 Å². The van der Waals surface area contributed by atoms with Crippen LogP contribution in [0.4, 0.5) is 0 Å². The summed E-state index contributed by atoms with van der Waals surface area (Å²) in [6, 6.07) is 18.8. The van der Waals surface area contributed by atoms with Gasteiger partial charge in [-0.3, -0.25) is 0 Å². The van der Waals surface area contributed by atoms with Gasteiger partial charge in [0.15, 0.2) is 0 Å². The minimum absolute atomic E-state index is 0.805.